The number of fused-ring (bicyclic) bond motifs is 1. The van der Waals surface area contributed by atoms with E-state index >= 15 is 0 Å². The highest BCUT2D eigenvalue weighted by molar-refractivity contribution is 7.18. The molecular formula is C20H23N3O3S. The molecule has 2 aromatic carbocycles. The number of hydrogen-bond donors (Lipinski definition) is 1. The molecule has 142 valence electrons. The minimum atomic E-state index is -0.236. The molecule has 0 fully saturated rings. The molecule has 27 heavy (non-hydrogen) atoms. The van der Waals surface area contributed by atoms with E-state index in [0.29, 0.717) is 12.3 Å². The predicted octanol–water partition coefficient (Wildman–Crippen LogP) is 4.22. The van der Waals surface area contributed by atoms with Crippen molar-refractivity contribution in [2.75, 3.05) is 21.3 Å². The zero-order valence-corrected chi connectivity index (χ0v) is 16.7. The summed E-state index contributed by atoms with van der Waals surface area (Å²) in [7, 11) is 4.98. The largest absolute Gasteiger partial charge is 0.497 e. The van der Waals surface area contributed by atoms with E-state index in [2.05, 4.69) is 10.3 Å². The molecular weight excluding hydrogens is 362 g/mol. The Labute approximate surface area is 162 Å². The Kier molecular flexibility index (Phi) is 5.81. The third-order valence-electron chi connectivity index (χ3n) is 4.30. The van der Waals surface area contributed by atoms with E-state index < -0.39 is 0 Å². The molecule has 6 nitrogen and oxygen atoms in total. The molecule has 3 aromatic rings. The fourth-order valence-corrected chi connectivity index (χ4v) is 3.83. The lowest BCUT2D eigenvalue weighted by Gasteiger charge is -2.22. The lowest BCUT2D eigenvalue weighted by Crippen LogP contribution is -2.38. The molecule has 0 bridgehead atoms. The van der Waals surface area contributed by atoms with Gasteiger partial charge in [0.25, 0.3) is 0 Å². The summed E-state index contributed by atoms with van der Waals surface area (Å²) in [6, 6.07) is 13.1. The van der Waals surface area contributed by atoms with Gasteiger partial charge in [-0.25, -0.2) is 9.78 Å². The van der Waals surface area contributed by atoms with Gasteiger partial charge in [0.2, 0.25) is 0 Å². The zero-order valence-electron chi connectivity index (χ0n) is 15.9. The Morgan fingerprint density at radius 2 is 2.00 bits per heavy atom. The van der Waals surface area contributed by atoms with Crippen molar-refractivity contribution in [1.82, 2.24) is 15.2 Å². The van der Waals surface area contributed by atoms with E-state index in [0.717, 1.165) is 26.5 Å². The second-order valence-corrected chi connectivity index (χ2v) is 7.33. The van der Waals surface area contributed by atoms with Gasteiger partial charge < -0.3 is 19.7 Å². The first kappa shape index (κ1) is 19.0. The normalized spacial score (nSPS) is 11.9. The number of ether oxygens (including phenoxy) is 2. The molecule has 0 saturated carbocycles. The van der Waals surface area contributed by atoms with Crippen LogP contribution < -0.4 is 14.8 Å². The lowest BCUT2D eigenvalue weighted by atomic mass is 10.1. The molecule has 1 heterocycles. The second kappa shape index (κ2) is 8.26. The molecule has 0 aliphatic rings. The zero-order chi connectivity index (χ0) is 19.4. The van der Waals surface area contributed by atoms with Crippen molar-refractivity contribution in [3.63, 3.8) is 0 Å². The van der Waals surface area contributed by atoms with E-state index in [1.165, 1.54) is 0 Å². The van der Waals surface area contributed by atoms with Crippen molar-refractivity contribution in [3.05, 3.63) is 53.0 Å². The minimum Gasteiger partial charge on any atom is -0.497 e. The highest BCUT2D eigenvalue weighted by Gasteiger charge is 2.18. The molecule has 0 saturated heterocycles. The van der Waals surface area contributed by atoms with Crippen LogP contribution in [0.15, 0.2) is 42.5 Å². The quantitative estimate of drug-likeness (QED) is 0.690. The number of amides is 2. The molecule has 1 atom stereocenters. The lowest BCUT2D eigenvalue weighted by molar-refractivity contribution is 0.203. The van der Waals surface area contributed by atoms with E-state index in [-0.39, 0.29) is 12.1 Å². The molecule has 1 N–H and O–H groups in total. The number of nitrogens with zero attached hydrogens (tertiary/aromatic N) is 2. The third-order valence-corrected chi connectivity index (χ3v) is 5.32. The van der Waals surface area contributed by atoms with Gasteiger partial charge in [-0.15, -0.1) is 11.3 Å². The van der Waals surface area contributed by atoms with Crippen molar-refractivity contribution in [2.45, 2.75) is 19.5 Å². The Bertz CT molecular complexity index is 908. The summed E-state index contributed by atoms with van der Waals surface area (Å²) in [5.41, 5.74) is 1.82. The van der Waals surface area contributed by atoms with Gasteiger partial charge in [-0.1, -0.05) is 12.1 Å². The average molecular weight is 385 g/mol. The van der Waals surface area contributed by atoms with Crippen molar-refractivity contribution in [2.24, 2.45) is 0 Å². The first-order valence-corrected chi connectivity index (χ1v) is 9.41. The number of carbonyl (C=O) groups is 1. The summed E-state index contributed by atoms with van der Waals surface area (Å²) in [6.07, 6.45) is 0. The summed E-state index contributed by atoms with van der Waals surface area (Å²) in [6.45, 7) is 2.37. The second-order valence-electron chi connectivity index (χ2n) is 6.21. The van der Waals surface area contributed by atoms with Gasteiger partial charge in [0.1, 0.15) is 16.5 Å². The van der Waals surface area contributed by atoms with E-state index in [1.54, 1.807) is 37.5 Å². The summed E-state index contributed by atoms with van der Waals surface area (Å²) in [5.74, 6) is 1.42. The van der Waals surface area contributed by atoms with Gasteiger partial charge in [0.05, 0.1) is 37.0 Å². The van der Waals surface area contributed by atoms with Gasteiger partial charge >= 0.3 is 6.03 Å². The molecule has 0 aliphatic heterocycles. The molecule has 1 aromatic heterocycles. The van der Waals surface area contributed by atoms with E-state index in [9.17, 15) is 4.79 Å². The molecule has 0 radical (unpaired) electrons. The van der Waals surface area contributed by atoms with Gasteiger partial charge in [-0.05, 0) is 37.3 Å². The maximum atomic E-state index is 12.6. The number of hydrogen-bond acceptors (Lipinski definition) is 5. The van der Waals surface area contributed by atoms with Crippen molar-refractivity contribution < 1.29 is 14.3 Å². The molecule has 0 aliphatic carbocycles. The van der Waals surface area contributed by atoms with Gasteiger partial charge in [0, 0.05) is 12.6 Å². The van der Waals surface area contributed by atoms with E-state index in [1.807, 2.05) is 49.4 Å². The van der Waals surface area contributed by atoms with Crippen molar-refractivity contribution in [1.29, 1.82) is 0 Å². The number of carbonyl (C=O) groups excluding carboxylic acids is 1. The van der Waals surface area contributed by atoms with Crippen LogP contribution in [-0.4, -0.2) is 37.2 Å². The standard InChI is InChI=1S/C20H23N3O3S/c1-13(15-11-14(25-3)9-10-17(15)26-4)21-20(24)23(2)12-19-22-16-7-5-6-8-18(16)27-19/h5-11,13H,12H2,1-4H3,(H,21,24). The number of methoxy groups -OCH3 is 2. The molecule has 1 unspecified atom stereocenters. The fourth-order valence-electron chi connectivity index (χ4n) is 2.81. The van der Waals surface area contributed by atoms with Crippen LogP contribution >= 0.6 is 11.3 Å². The number of thiazole rings is 1. The first-order valence-electron chi connectivity index (χ1n) is 8.60. The number of rotatable bonds is 6. The van der Waals surface area contributed by atoms with Gasteiger partial charge in [-0.3, -0.25) is 0 Å². The monoisotopic (exact) mass is 385 g/mol. The Morgan fingerprint density at radius 1 is 1.22 bits per heavy atom. The van der Waals surface area contributed by atoms with Gasteiger partial charge in [0.15, 0.2) is 0 Å². The molecule has 2 amide bonds. The maximum Gasteiger partial charge on any atom is 0.317 e. The van der Waals surface area contributed by atoms with Crippen LogP contribution in [0.3, 0.4) is 0 Å². The Morgan fingerprint density at radius 3 is 2.70 bits per heavy atom. The highest BCUT2D eigenvalue weighted by Crippen LogP contribution is 2.29. The predicted molar refractivity (Wildman–Crippen MR) is 108 cm³/mol. The summed E-state index contributed by atoms with van der Waals surface area (Å²) in [5, 5.41) is 3.91. The van der Waals surface area contributed by atoms with Crippen LogP contribution in [0.4, 0.5) is 4.79 Å². The van der Waals surface area contributed by atoms with E-state index in [4.69, 9.17) is 9.47 Å². The van der Waals surface area contributed by atoms with Crippen LogP contribution in [-0.2, 0) is 6.54 Å². The Balaban J connectivity index is 1.68. The number of para-hydroxylation sites is 1. The third kappa shape index (κ3) is 4.31. The number of aromatic nitrogens is 1. The molecule has 0 spiro atoms. The topological polar surface area (TPSA) is 63.7 Å². The minimum absolute atomic E-state index is 0.174. The summed E-state index contributed by atoms with van der Waals surface area (Å²) < 4.78 is 11.8. The molecule has 3 rings (SSSR count). The number of urea groups is 1. The highest BCUT2D eigenvalue weighted by atomic mass is 32.1. The van der Waals surface area contributed by atoms with Crippen LogP contribution in [0.1, 0.15) is 23.5 Å². The van der Waals surface area contributed by atoms with Crippen LogP contribution in [0, 0.1) is 0 Å². The maximum absolute atomic E-state index is 12.6. The Hall–Kier alpha value is -2.80. The number of benzene rings is 2. The fraction of sp³-hybridized carbons (Fsp3) is 0.300. The van der Waals surface area contributed by atoms with Crippen molar-refractivity contribution >= 4 is 27.6 Å². The van der Waals surface area contributed by atoms with Crippen molar-refractivity contribution in [3.8, 4) is 11.5 Å². The summed E-state index contributed by atoms with van der Waals surface area (Å²) in [4.78, 5) is 18.8. The van der Waals surface area contributed by atoms with Crippen LogP contribution in [0.2, 0.25) is 0 Å². The molecule has 7 heteroatoms. The summed E-state index contributed by atoms with van der Waals surface area (Å²) >= 11 is 1.60. The van der Waals surface area contributed by atoms with Crippen LogP contribution in [0.25, 0.3) is 10.2 Å². The van der Waals surface area contributed by atoms with Gasteiger partial charge in [-0.2, -0.15) is 0 Å². The average Bonchev–Trinajstić information content (AvgIpc) is 3.09. The van der Waals surface area contributed by atoms with Crippen LogP contribution in [0.5, 0.6) is 11.5 Å². The smallest absolute Gasteiger partial charge is 0.317 e. The SMILES string of the molecule is COc1ccc(OC)c(C(C)NC(=O)N(C)Cc2nc3ccccc3s2)c1. The first-order chi connectivity index (χ1) is 13.0. The number of nitrogens with one attached hydrogen (secondary N) is 1.